The fraction of sp³-hybridized carbons (Fsp3) is 0.588. The maximum atomic E-state index is 13.9. The lowest BCUT2D eigenvalue weighted by Crippen LogP contribution is -2.38. The number of carbonyl (C=O) groups is 1. The number of nitrogens with one attached hydrogen (secondary N) is 1. The Hall–Kier alpha value is -1.49. The van der Waals surface area contributed by atoms with Crippen LogP contribution in [0.4, 0.5) is 8.78 Å². The molecule has 0 heterocycles. The molecule has 22 heavy (non-hydrogen) atoms. The highest BCUT2D eigenvalue weighted by atomic mass is 19.1. The van der Waals surface area contributed by atoms with Crippen molar-refractivity contribution in [3.05, 3.63) is 34.9 Å². The second kappa shape index (κ2) is 6.32. The molecule has 0 unspecified atom stereocenters. The van der Waals surface area contributed by atoms with Crippen LogP contribution >= 0.6 is 0 Å². The number of aliphatic carboxylic acids is 1. The molecule has 3 rings (SSSR count). The van der Waals surface area contributed by atoms with Crippen LogP contribution in [0, 0.1) is 17.6 Å². The molecule has 2 aliphatic carbocycles. The van der Waals surface area contributed by atoms with Gasteiger partial charge in [0.2, 0.25) is 0 Å². The van der Waals surface area contributed by atoms with E-state index >= 15 is 0 Å². The average molecular weight is 309 g/mol. The van der Waals surface area contributed by atoms with Gasteiger partial charge in [0.15, 0.2) is 0 Å². The number of carboxylic acid groups (broad SMARTS) is 1. The Kier molecular flexibility index (Phi) is 4.43. The molecule has 0 aliphatic heterocycles. The van der Waals surface area contributed by atoms with E-state index in [1.165, 1.54) is 6.07 Å². The van der Waals surface area contributed by atoms with Gasteiger partial charge in [-0.15, -0.1) is 0 Å². The Morgan fingerprint density at radius 1 is 1.14 bits per heavy atom. The van der Waals surface area contributed by atoms with Gasteiger partial charge in [-0.25, -0.2) is 8.78 Å². The van der Waals surface area contributed by atoms with E-state index in [1.54, 1.807) is 0 Å². The van der Waals surface area contributed by atoms with Crippen LogP contribution in [0.1, 0.15) is 55.7 Å². The van der Waals surface area contributed by atoms with Crippen LogP contribution < -0.4 is 5.32 Å². The van der Waals surface area contributed by atoms with Gasteiger partial charge in [-0.05, 0) is 62.1 Å². The lowest BCUT2D eigenvalue weighted by Gasteiger charge is -2.34. The minimum absolute atomic E-state index is 0.0275. The van der Waals surface area contributed by atoms with Gasteiger partial charge >= 0.3 is 5.97 Å². The van der Waals surface area contributed by atoms with Gasteiger partial charge in [0.25, 0.3) is 0 Å². The van der Waals surface area contributed by atoms with E-state index in [2.05, 4.69) is 5.32 Å². The molecule has 0 aromatic heterocycles. The molecular weight excluding hydrogens is 288 g/mol. The maximum absolute atomic E-state index is 13.9. The second-order valence-corrected chi connectivity index (χ2v) is 6.45. The van der Waals surface area contributed by atoms with Crippen LogP contribution in [0.3, 0.4) is 0 Å². The third-order valence-electron chi connectivity index (χ3n) is 5.00. The normalized spacial score (nSPS) is 28.2. The minimum Gasteiger partial charge on any atom is -0.481 e. The molecule has 5 heteroatoms. The van der Waals surface area contributed by atoms with Gasteiger partial charge < -0.3 is 10.4 Å². The molecule has 1 saturated carbocycles. The number of halogens is 2. The predicted octanol–water partition coefficient (Wildman–Crippen LogP) is 3.58. The molecule has 0 spiro atoms. The molecule has 1 fully saturated rings. The molecule has 1 atom stereocenters. The molecule has 120 valence electrons. The summed E-state index contributed by atoms with van der Waals surface area (Å²) < 4.78 is 27.4. The monoisotopic (exact) mass is 309 g/mol. The van der Waals surface area contributed by atoms with Crippen molar-refractivity contribution in [2.75, 3.05) is 0 Å². The first-order valence-corrected chi connectivity index (χ1v) is 8.01. The van der Waals surface area contributed by atoms with Gasteiger partial charge in [0.05, 0.1) is 5.92 Å². The van der Waals surface area contributed by atoms with Crippen molar-refractivity contribution < 1.29 is 18.7 Å². The minimum atomic E-state index is -0.717. The summed E-state index contributed by atoms with van der Waals surface area (Å²) in [6, 6.07) is 2.61. The fourth-order valence-corrected chi connectivity index (χ4v) is 3.80. The Balaban J connectivity index is 1.69. The number of carboxylic acids is 1. The molecule has 1 aromatic carbocycles. The first-order valence-electron chi connectivity index (χ1n) is 8.01. The largest absolute Gasteiger partial charge is 0.481 e. The molecule has 2 aliphatic rings. The Morgan fingerprint density at radius 2 is 1.86 bits per heavy atom. The fourth-order valence-electron chi connectivity index (χ4n) is 3.80. The van der Waals surface area contributed by atoms with Crippen molar-refractivity contribution >= 4 is 5.97 Å². The highest BCUT2D eigenvalue weighted by Crippen LogP contribution is 2.34. The summed E-state index contributed by atoms with van der Waals surface area (Å²) in [5.41, 5.74) is 1.37. The van der Waals surface area contributed by atoms with E-state index in [9.17, 15) is 13.6 Å². The zero-order valence-electron chi connectivity index (χ0n) is 12.4. The first-order chi connectivity index (χ1) is 10.5. The zero-order valence-corrected chi connectivity index (χ0v) is 12.4. The molecule has 0 radical (unpaired) electrons. The number of fused-ring (bicyclic) bond motifs is 1. The molecular formula is C17H21F2NO2. The summed E-state index contributed by atoms with van der Waals surface area (Å²) in [5.74, 6) is -1.94. The van der Waals surface area contributed by atoms with Crippen LogP contribution in [-0.2, 0) is 11.2 Å². The highest BCUT2D eigenvalue weighted by Gasteiger charge is 2.30. The summed E-state index contributed by atoms with van der Waals surface area (Å²) >= 11 is 0. The summed E-state index contributed by atoms with van der Waals surface area (Å²) in [5, 5.41) is 12.5. The van der Waals surface area contributed by atoms with Gasteiger partial charge in [-0.2, -0.15) is 0 Å². The van der Waals surface area contributed by atoms with Gasteiger partial charge in [0, 0.05) is 18.2 Å². The molecule has 2 N–H and O–H groups in total. The highest BCUT2D eigenvalue weighted by molar-refractivity contribution is 5.70. The summed E-state index contributed by atoms with van der Waals surface area (Å²) in [4.78, 5) is 11.0. The van der Waals surface area contributed by atoms with Crippen LogP contribution in [0.2, 0.25) is 0 Å². The van der Waals surface area contributed by atoms with E-state index in [1.807, 2.05) is 0 Å². The van der Waals surface area contributed by atoms with Crippen LogP contribution in [0.15, 0.2) is 12.1 Å². The van der Waals surface area contributed by atoms with Gasteiger partial charge in [-0.3, -0.25) is 4.79 Å². The topological polar surface area (TPSA) is 49.3 Å². The molecule has 0 bridgehead atoms. The smallest absolute Gasteiger partial charge is 0.306 e. The lowest BCUT2D eigenvalue weighted by molar-refractivity contribution is -0.142. The molecule has 3 nitrogen and oxygen atoms in total. The van der Waals surface area contributed by atoms with Crippen molar-refractivity contribution in [1.29, 1.82) is 0 Å². The van der Waals surface area contributed by atoms with Crippen molar-refractivity contribution in [1.82, 2.24) is 5.32 Å². The summed E-state index contributed by atoms with van der Waals surface area (Å²) in [6.07, 6.45) is 5.37. The van der Waals surface area contributed by atoms with Crippen LogP contribution in [0.5, 0.6) is 0 Å². The Bertz CT molecular complexity index is 568. The molecule has 0 amide bonds. The van der Waals surface area contributed by atoms with Crippen LogP contribution in [-0.4, -0.2) is 17.1 Å². The summed E-state index contributed by atoms with van der Waals surface area (Å²) in [6.45, 7) is 0. The number of hydrogen-bond donors (Lipinski definition) is 2. The van der Waals surface area contributed by atoms with Crippen molar-refractivity contribution in [2.45, 2.75) is 57.0 Å². The van der Waals surface area contributed by atoms with E-state index < -0.39 is 17.6 Å². The molecule has 1 aromatic rings. The van der Waals surface area contributed by atoms with E-state index in [0.29, 0.717) is 24.8 Å². The number of benzene rings is 1. The maximum Gasteiger partial charge on any atom is 0.306 e. The van der Waals surface area contributed by atoms with Crippen molar-refractivity contribution in [3.63, 3.8) is 0 Å². The Labute approximate surface area is 128 Å². The SMILES string of the molecule is O=C(O)C1CCC(N[C@H]2CCCc3c(F)cc(F)cc32)CC1. The third kappa shape index (κ3) is 3.14. The van der Waals surface area contributed by atoms with Gasteiger partial charge in [0.1, 0.15) is 11.6 Å². The quantitative estimate of drug-likeness (QED) is 0.897. The van der Waals surface area contributed by atoms with Crippen molar-refractivity contribution in [3.8, 4) is 0 Å². The average Bonchev–Trinajstić information content (AvgIpc) is 2.48. The number of hydrogen-bond acceptors (Lipinski definition) is 2. The van der Waals surface area contributed by atoms with E-state index in [0.717, 1.165) is 37.3 Å². The molecule has 0 saturated heterocycles. The van der Waals surface area contributed by atoms with Crippen molar-refractivity contribution in [2.24, 2.45) is 5.92 Å². The standard InChI is InChI=1S/C17H21F2NO2/c18-11-8-14-13(15(19)9-11)2-1-3-16(14)20-12-6-4-10(5-7-12)17(21)22/h8-10,12,16,20H,1-7H2,(H,21,22)/t10?,12?,16-/m0/s1. The lowest BCUT2D eigenvalue weighted by atomic mass is 9.83. The third-order valence-corrected chi connectivity index (χ3v) is 5.00. The predicted molar refractivity (Wildman–Crippen MR) is 78.6 cm³/mol. The zero-order chi connectivity index (χ0) is 15.7. The summed E-state index contributed by atoms with van der Waals surface area (Å²) in [7, 11) is 0. The van der Waals surface area contributed by atoms with Crippen LogP contribution in [0.25, 0.3) is 0 Å². The van der Waals surface area contributed by atoms with E-state index in [-0.39, 0.29) is 18.0 Å². The van der Waals surface area contributed by atoms with Gasteiger partial charge in [-0.1, -0.05) is 0 Å². The van der Waals surface area contributed by atoms with E-state index in [4.69, 9.17) is 5.11 Å². The Morgan fingerprint density at radius 3 is 2.55 bits per heavy atom. The number of rotatable bonds is 3. The first kappa shape index (κ1) is 15.4. The second-order valence-electron chi connectivity index (χ2n) is 6.45.